The number of carbonyl (C=O) groups excluding carboxylic acids is 1. The maximum Gasteiger partial charge on any atom is 0.259 e. The molecule has 0 spiro atoms. The molecule has 0 radical (unpaired) electrons. The summed E-state index contributed by atoms with van der Waals surface area (Å²) >= 11 is 2.99. The van der Waals surface area contributed by atoms with Crippen molar-refractivity contribution in [2.45, 2.75) is 31.7 Å². The third kappa shape index (κ3) is 2.55. The van der Waals surface area contributed by atoms with Crippen LogP contribution in [0.4, 0.5) is 8.78 Å². The van der Waals surface area contributed by atoms with Crippen LogP contribution in [0.15, 0.2) is 16.6 Å². The maximum absolute atomic E-state index is 13.7. The molecule has 2 nitrogen and oxygen atoms in total. The van der Waals surface area contributed by atoms with E-state index in [1.165, 1.54) is 4.90 Å². The van der Waals surface area contributed by atoms with Crippen LogP contribution in [0.5, 0.6) is 0 Å². The Bertz CT molecular complexity index is 449. The summed E-state index contributed by atoms with van der Waals surface area (Å²) in [4.78, 5) is 13.6. The Morgan fingerprint density at radius 3 is 2.28 bits per heavy atom. The van der Waals surface area contributed by atoms with E-state index < -0.39 is 23.1 Å². The highest BCUT2D eigenvalue weighted by atomic mass is 79.9. The van der Waals surface area contributed by atoms with Crippen LogP contribution in [-0.4, -0.2) is 23.9 Å². The number of nitrogens with zero attached hydrogens (tertiary/aromatic N) is 1. The van der Waals surface area contributed by atoms with E-state index in [-0.39, 0.29) is 10.5 Å². The van der Waals surface area contributed by atoms with Gasteiger partial charge in [-0.2, -0.15) is 0 Å². The SMILES string of the molecule is CN(C(=O)c1c(F)cc(Br)cc1F)C1CCCC1. The molecular weight excluding hydrogens is 304 g/mol. The minimum absolute atomic E-state index is 0.0972. The molecule has 1 aliphatic rings. The highest BCUT2D eigenvalue weighted by Crippen LogP contribution is 2.26. The second-order valence-electron chi connectivity index (χ2n) is 4.60. The van der Waals surface area contributed by atoms with Crippen LogP contribution < -0.4 is 0 Å². The lowest BCUT2D eigenvalue weighted by molar-refractivity contribution is 0.0725. The fourth-order valence-corrected chi connectivity index (χ4v) is 2.78. The van der Waals surface area contributed by atoms with Gasteiger partial charge in [0.15, 0.2) is 0 Å². The van der Waals surface area contributed by atoms with E-state index in [9.17, 15) is 13.6 Å². The monoisotopic (exact) mass is 317 g/mol. The Balaban J connectivity index is 2.28. The van der Waals surface area contributed by atoms with Gasteiger partial charge in [-0.1, -0.05) is 28.8 Å². The van der Waals surface area contributed by atoms with E-state index in [4.69, 9.17) is 0 Å². The normalized spacial score (nSPS) is 16.0. The molecule has 0 aromatic heterocycles. The number of amides is 1. The van der Waals surface area contributed by atoms with E-state index in [0.717, 1.165) is 37.8 Å². The number of carbonyl (C=O) groups is 1. The predicted octanol–water partition coefficient (Wildman–Crippen LogP) is 3.74. The molecule has 0 bridgehead atoms. The molecule has 0 unspecified atom stereocenters. The van der Waals surface area contributed by atoms with Crippen molar-refractivity contribution in [3.05, 3.63) is 33.8 Å². The van der Waals surface area contributed by atoms with Gasteiger partial charge in [-0.05, 0) is 25.0 Å². The Hall–Kier alpha value is -0.970. The number of hydrogen-bond donors (Lipinski definition) is 0. The van der Waals surface area contributed by atoms with Crippen molar-refractivity contribution in [3.8, 4) is 0 Å². The lowest BCUT2D eigenvalue weighted by Crippen LogP contribution is -2.36. The second kappa shape index (κ2) is 5.34. The third-order valence-electron chi connectivity index (χ3n) is 3.41. The van der Waals surface area contributed by atoms with Gasteiger partial charge in [0, 0.05) is 17.6 Å². The van der Waals surface area contributed by atoms with E-state index in [2.05, 4.69) is 15.9 Å². The summed E-state index contributed by atoms with van der Waals surface area (Å²) in [5.41, 5.74) is -0.465. The van der Waals surface area contributed by atoms with Crippen molar-refractivity contribution in [3.63, 3.8) is 0 Å². The molecule has 0 heterocycles. The highest BCUT2D eigenvalue weighted by molar-refractivity contribution is 9.10. The summed E-state index contributed by atoms with van der Waals surface area (Å²) < 4.78 is 27.7. The van der Waals surface area contributed by atoms with E-state index in [1.54, 1.807) is 7.05 Å². The number of halogens is 3. The molecule has 1 aliphatic carbocycles. The van der Waals surface area contributed by atoms with Gasteiger partial charge in [0.1, 0.15) is 17.2 Å². The first-order valence-electron chi connectivity index (χ1n) is 5.92. The first-order valence-corrected chi connectivity index (χ1v) is 6.71. The number of benzene rings is 1. The molecule has 1 aromatic carbocycles. The second-order valence-corrected chi connectivity index (χ2v) is 5.51. The molecular formula is C13H14BrF2NO. The Morgan fingerprint density at radius 2 is 1.78 bits per heavy atom. The molecule has 0 saturated heterocycles. The van der Waals surface area contributed by atoms with E-state index in [0.29, 0.717) is 0 Å². The third-order valence-corrected chi connectivity index (χ3v) is 3.87. The standard InChI is InChI=1S/C13H14BrF2NO/c1-17(9-4-2-3-5-9)13(18)12-10(15)6-8(14)7-11(12)16/h6-7,9H,2-5H2,1H3. The van der Waals surface area contributed by atoms with Gasteiger partial charge in [-0.15, -0.1) is 0 Å². The lowest BCUT2D eigenvalue weighted by atomic mass is 10.1. The van der Waals surface area contributed by atoms with Crippen LogP contribution >= 0.6 is 15.9 Å². The van der Waals surface area contributed by atoms with Gasteiger partial charge < -0.3 is 4.90 Å². The largest absolute Gasteiger partial charge is 0.339 e. The molecule has 1 fully saturated rings. The number of rotatable bonds is 2. The van der Waals surface area contributed by atoms with Crippen LogP contribution in [0.25, 0.3) is 0 Å². The molecule has 0 atom stereocenters. The van der Waals surface area contributed by atoms with Crippen molar-refractivity contribution < 1.29 is 13.6 Å². The first kappa shape index (κ1) is 13.5. The zero-order chi connectivity index (χ0) is 13.3. The summed E-state index contributed by atoms with van der Waals surface area (Å²) in [5.74, 6) is -2.22. The molecule has 2 rings (SSSR count). The molecule has 1 amide bonds. The molecule has 1 saturated carbocycles. The first-order chi connectivity index (χ1) is 8.50. The summed E-state index contributed by atoms with van der Waals surface area (Å²) in [7, 11) is 1.61. The molecule has 0 aliphatic heterocycles. The van der Waals surface area contributed by atoms with E-state index in [1.807, 2.05) is 0 Å². The molecule has 5 heteroatoms. The zero-order valence-corrected chi connectivity index (χ0v) is 11.6. The van der Waals surface area contributed by atoms with Gasteiger partial charge in [-0.3, -0.25) is 4.79 Å². The van der Waals surface area contributed by atoms with Gasteiger partial charge in [0.05, 0.1) is 0 Å². The van der Waals surface area contributed by atoms with Crippen molar-refractivity contribution in [2.24, 2.45) is 0 Å². The molecule has 98 valence electrons. The Kier molecular flexibility index (Phi) is 4.00. The van der Waals surface area contributed by atoms with Crippen LogP contribution in [0.2, 0.25) is 0 Å². The topological polar surface area (TPSA) is 20.3 Å². The average Bonchev–Trinajstić information content (AvgIpc) is 2.79. The minimum Gasteiger partial charge on any atom is -0.339 e. The minimum atomic E-state index is -0.822. The maximum atomic E-state index is 13.7. The van der Waals surface area contributed by atoms with Crippen molar-refractivity contribution in [1.82, 2.24) is 4.90 Å². The van der Waals surface area contributed by atoms with Gasteiger partial charge >= 0.3 is 0 Å². The summed E-state index contributed by atoms with van der Waals surface area (Å²) in [6, 6.07) is 2.32. The van der Waals surface area contributed by atoms with Crippen molar-refractivity contribution in [1.29, 1.82) is 0 Å². The van der Waals surface area contributed by atoms with Crippen LogP contribution in [0.1, 0.15) is 36.0 Å². The quantitative estimate of drug-likeness (QED) is 0.813. The molecule has 1 aromatic rings. The lowest BCUT2D eigenvalue weighted by Gasteiger charge is -2.24. The van der Waals surface area contributed by atoms with Crippen LogP contribution in [-0.2, 0) is 0 Å². The van der Waals surface area contributed by atoms with Gasteiger partial charge in [0.2, 0.25) is 0 Å². The zero-order valence-electron chi connectivity index (χ0n) is 10.0. The summed E-state index contributed by atoms with van der Waals surface area (Å²) in [5, 5.41) is 0. The highest BCUT2D eigenvalue weighted by Gasteiger charge is 2.28. The van der Waals surface area contributed by atoms with E-state index >= 15 is 0 Å². The average molecular weight is 318 g/mol. The van der Waals surface area contributed by atoms with Crippen LogP contribution in [0, 0.1) is 11.6 Å². The Labute approximate surface area is 113 Å². The fraction of sp³-hybridized carbons (Fsp3) is 0.462. The van der Waals surface area contributed by atoms with Gasteiger partial charge in [-0.25, -0.2) is 8.78 Å². The predicted molar refractivity (Wildman–Crippen MR) is 68.4 cm³/mol. The fourth-order valence-electron chi connectivity index (χ4n) is 2.38. The molecule has 0 N–H and O–H groups in total. The summed E-state index contributed by atoms with van der Waals surface area (Å²) in [6.45, 7) is 0. The molecule has 18 heavy (non-hydrogen) atoms. The van der Waals surface area contributed by atoms with Crippen molar-refractivity contribution in [2.75, 3.05) is 7.05 Å². The van der Waals surface area contributed by atoms with Crippen molar-refractivity contribution >= 4 is 21.8 Å². The smallest absolute Gasteiger partial charge is 0.259 e. The van der Waals surface area contributed by atoms with Crippen LogP contribution in [0.3, 0.4) is 0 Å². The number of hydrogen-bond acceptors (Lipinski definition) is 1. The Morgan fingerprint density at radius 1 is 1.28 bits per heavy atom. The van der Waals surface area contributed by atoms with Gasteiger partial charge in [0.25, 0.3) is 5.91 Å². The summed E-state index contributed by atoms with van der Waals surface area (Å²) in [6.07, 6.45) is 3.94.